The van der Waals surface area contributed by atoms with E-state index in [0.29, 0.717) is 29.7 Å². The molecular formula is C18H19ClFN7O. The summed E-state index contributed by atoms with van der Waals surface area (Å²) in [6.07, 6.45) is 2.60. The molecular weight excluding hydrogens is 385 g/mol. The van der Waals surface area contributed by atoms with Crippen molar-refractivity contribution in [2.45, 2.75) is 19.6 Å². The van der Waals surface area contributed by atoms with Crippen LogP contribution in [0.25, 0.3) is 5.69 Å². The molecule has 1 saturated heterocycles. The quantitative estimate of drug-likeness (QED) is 0.676. The molecule has 0 radical (unpaired) electrons. The Kier molecular flexibility index (Phi) is 5.47. The van der Waals surface area contributed by atoms with Crippen molar-refractivity contribution in [2.24, 2.45) is 0 Å². The van der Waals surface area contributed by atoms with Crippen molar-refractivity contribution in [3.63, 3.8) is 0 Å². The highest BCUT2D eigenvalue weighted by molar-refractivity contribution is 6.32. The molecule has 8 nitrogen and oxygen atoms in total. The Morgan fingerprint density at radius 1 is 1.43 bits per heavy atom. The van der Waals surface area contributed by atoms with Crippen LogP contribution in [-0.2, 0) is 11.3 Å². The molecule has 1 aliphatic rings. The Labute approximate surface area is 166 Å². The Bertz CT molecular complexity index is 954. The number of aryl methyl sites for hydroxylation is 1. The summed E-state index contributed by atoms with van der Waals surface area (Å²) in [6.45, 7) is 4.14. The lowest BCUT2D eigenvalue weighted by Crippen LogP contribution is -2.34. The zero-order valence-corrected chi connectivity index (χ0v) is 15.9. The summed E-state index contributed by atoms with van der Waals surface area (Å²) in [4.78, 5) is 8.31. The summed E-state index contributed by atoms with van der Waals surface area (Å²) in [5.74, 6) is -0.00375. The summed E-state index contributed by atoms with van der Waals surface area (Å²) in [5, 5.41) is 15.0. The van der Waals surface area contributed by atoms with Gasteiger partial charge in [0.1, 0.15) is 11.8 Å². The van der Waals surface area contributed by atoms with Gasteiger partial charge in [0.2, 0.25) is 0 Å². The van der Waals surface area contributed by atoms with Gasteiger partial charge >= 0.3 is 0 Å². The number of morpholine rings is 1. The average Bonchev–Trinajstić information content (AvgIpc) is 3.16. The summed E-state index contributed by atoms with van der Waals surface area (Å²) in [7, 11) is 0. The number of ether oxygens (including phenoxy) is 1. The number of para-hydroxylation sites is 1. The molecule has 0 amide bonds. The molecule has 0 bridgehead atoms. The SMILES string of the molecule is Cc1cccc(Cl)c1-n1cc(CNc2nc(C3CNCCO3)ncc2F)nn1. The van der Waals surface area contributed by atoms with Crippen molar-refractivity contribution in [3.8, 4) is 5.69 Å². The van der Waals surface area contributed by atoms with Crippen molar-refractivity contribution < 1.29 is 9.13 Å². The first-order chi connectivity index (χ1) is 13.6. The Morgan fingerprint density at radius 3 is 3.11 bits per heavy atom. The van der Waals surface area contributed by atoms with Crippen LogP contribution in [0.2, 0.25) is 5.02 Å². The third kappa shape index (κ3) is 3.96. The van der Waals surface area contributed by atoms with Crippen LogP contribution in [0.1, 0.15) is 23.2 Å². The van der Waals surface area contributed by atoms with Crippen LogP contribution in [0.3, 0.4) is 0 Å². The fraction of sp³-hybridized carbons (Fsp3) is 0.333. The van der Waals surface area contributed by atoms with Crippen molar-refractivity contribution in [2.75, 3.05) is 25.0 Å². The molecule has 0 saturated carbocycles. The molecule has 0 aliphatic carbocycles. The number of aromatic nitrogens is 5. The summed E-state index contributed by atoms with van der Waals surface area (Å²) in [5.41, 5.74) is 2.36. The fourth-order valence-electron chi connectivity index (χ4n) is 2.97. The lowest BCUT2D eigenvalue weighted by atomic mass is 10.2. The third-order valence-corrected chi connectivity index (χ3v) is 4.68. The first-order valence-corrected chi connectivity index (χ1v) is 9.25. The minimum absolute atomic E-state index is 0.0997. The lowest BCUT2D eigenvalue weighted by Gasteiger charge is -2.22. The smallest absolute Gasteiger partial charge is 0.183 e. The first-order valence-electron chi connectivity index (χ1n) is 8.87. The van der Waals surface area contributed by atoms with Gasteiger partial charge in [0.25, 0.3) is 0 Å². The summed E-state index contributed by atoms with van der Waals surface area (Å²) < 4.78 is 21.3. The lowest BCUT2D eigenvalue weighted by molar-refractivity contribution is 0.0221. The normalized spacial score (nSPS) is 16.9. The molecule has 1 atom stereocenters. The van der Waals surface area contributed by atoms with Gasteiger partial charge in [0, 0.05) is 13.1 Å². The molecule has 1 fully saturated rings. The Hall–Kier alpha value is -2.62. The molecule has 0 spiro atoms. The van der Waals surface area contributed by atoms with Crippen molar-refractivity contribution in [1.82, 2.24) is 30.3 Å². The molecule has 1 aliphatic heterocycles. The number of hydrogen-bond acceptors (Lipinski definition) is 7. The van der Waals surface area contributed by atoms with E-state index in [-0.39, 0.29) is 18.5 Å². The van der Waals surface area contributed by atoms with Crippen molar-refractivity contribution in [3.05, 3.63) is 58.5 Å². The second kappa shape index (κ2) is 8.17. The van der Waals surface area contributed by atoms with Crippen LogP contribution in [0.15, 0.2) is 30.6 Å². The zero-order chi connectivity index (χ0) is 19.5. The molecule has 10 heteroatoms. The number of rotatable bonds is 5. The molecule has 2 N–H and O–H groups in total. The predicted molar refractivity (Wildman–Crippen MR) is 102 cm³/mol. The van der Waals surface area contributed by atoms with E-state index in [1.165, 1.54) is 0 Å². The third-order valence-electron chi connectivity index (χ3n) is 4.37. The number of hydrogen-bond donors (Lipinski definition) is 2. The molecule has 3 heterocycles. The maximum Gasteiger partial charge on any atom is 0.183 e. The topological polar surface area (TPSA) is 89.8 Å². The van der Waals surface area contributed by atoms with Crippen LogP contribution >= 0.6 is 11.6 Å². The minimum atomic E-state index is -0.540. The van der Waals surface area contributed by atoms with E-state index in [1.807, 2.05) is 19.1 Å². The maximum atomic E-state index is 14.1. The molecule has 2 aromatic heterocycles. The van der Waals surface area contributed by atoms with E-state index in [9.17, 15) is 4.39 Å². The number of anilines is 1. The van der Waals surface area contributed by atoms with Gasteiger partial charge < -0.3 is 15.4 Å². The summed E-state index contributed by atoms with van der Waals surface area (Å²) in [6, 6.07) is 5.62. The molecule has 3 aromatic rings. The van der Waals surface area contributed by atoms with Crippen LogP contribution in [0.5, 0.6) is 0 Å². The van der Waals surface area contributed by atoms with Crippen LogP contribution in [-0.4, -0.2) is 44.7 Å². The highest BCUT2D eigenvalue weighted by atomic mass is 35.5. The van der Waals surface area contributed by atoms with Crippen LogP contribution in [0.4, 0.5) is 10.2 Å². The Balaban J connectivity index is 1.48. The maximum absolute atomic E-state index is 14.1. The number of halogens is 2. The van der Waals surface area contributed by atoms with E-state index in [4.69, 9.17) is 16.3 Å². The van der Waals surface area contributed by atoms with Gasteiger partial charge in [0.15, 0.2) is 17.5 Å². The zero-order valence-electron chi connectivity index (χ0n) is 15.2. The van der Waals surface area contributed by atoms with Crippen LogP contribution in [0, 0.1) is 12.7 Å². The summed E-state index contributed by atoms with van der Waals surface area (Å²) >= 11 is 6.27. The second-order valence-electron chi connectivity index (χ2n) is 6.40. The van der Waals surface area contributed by atoms with E-state index < -0.39 is 5.82 Å². The molecule has 28 heavy (non-hydrogen) atoms. The van der Waals surface area contributed by atoms with Gasteiger partial charge in [-0.15, -0.1) is 5.10 Å². The number of nitrogens with zero attached hydrogens (tertiary/aromatic N) is 5. The fourth-order valence-corrected chi connectivity index (χ4v) is 3.28. The second-order valence-corrected chi connectivity index (χ2v) is 6.81. The monoisotopic (exact) mass is 403 g/mol. The average molecular weight is 404 g/mol. The van der Waals surface area contributed by atoms with Crippen molar-refractivity contribution >= 4 is 17.4 Å². The Morgan fingerprint density at radius 2 is 2.32 bits per heavy atom. The highest BCUT2D eigenvalue weighted by Crippen LogP contribution is 2.23. The molecule has 146 valence electrons. The molecule has 1 unspecified atom stereocenters. The number of benzene rings is 1. The van der Waals surface area contributed by atoms with Crippen LogP contribution < -0.4 is 10.6 Å². The van der Waals surface area contributed by atoms with E-state index in [0.717, 1.165) is 24.0 Å². The van der Waals surface area contributed by atoms with E-state index in [1.54, 1.807) is 16.9 Å². The van der Waals surface area contributed by atoms with Gasteiger partial charge in [-0.2, -0.15) is 0 Å². The van der Waals surface area contributed by atoms with E-state index in [2.05, 4.69) is 30.9 Å². The molecule has 1 aromatic carbocycles. The highest BCUT2D eigenvalue weighted by Gasteiger charge is 2.20. The largest absolute Gasteiger partial charge is 0.368 e. The molecule has 4 rings (SSSR count). The van der Waals surface area contributed by atoms with Gasteiger partial charge in [-0.05, 0) is 18.6 Å². The van der Waals surface area contributed by atoms with Gasteiger partial charge in [0.05, 0.1) is 36.3 Å². The van der Waals surface area contributed by atoms with Gasteiger partial charge in [-0.25, -0.2) is 19.0 Å². The van der Waals surface area contributed by atoms with Crippen molar-refractivity contribution in [1.29, 1.82) is 0 Å². The first kappa shape index (κ1) is 18.7. The standard InChI is InChI=1S/C18H19ClFN7O/c1-11-3-2-4-13(19)16(11)27-10-12(25-26-27)7-22-17-14(20)8-23-18(24-17)15-9-21-5-6-28-15/h2-4,8,10,15,21H,5-7,9H2,1H3,(H,22,23,24). The predicted octanol–water partition coefficient (Wildman–Crippen LogP) is 2.43. The van der Waals surface area contributed by atoms with E-state index >= 15 is 0 Å². The minimum Gasteiger partial charge on any atom is -0.368 e. The number of nitrogens with one attached hydrogen (secondary N) is 2. The van der Waals surface area contributed by atoms with Gasteiger partial charge in [-0.1, -0.05) is 28.9 Å². The van der Waals surface area contributed by atoms with Gasteiger partial charge in [-0.3, -0.25) is 0 Å².